The molecule has 0 unspecified atom stereocenters. The van der Waals surface area contributed by atoms with Gasteiger partial charge in [-0.2, -0.15) is 23.8 Å². The van der Waals surface area contributed by atoms with Gasteiger partial charge in [0.25, 0.3) is 0 Å². The number of halogens is 2. The number of carbonyl (C=O) groups is 1. The first-order chi connectivity index (χ1) is 12.0. The van der Waals surface area contributed by atoms with E-state index >= 15 is 8.78 Å². The number of nitrogens with zero attached hydrogens (tertiary/aromatic N) is 5. The molecule has 0 spiro atoms. The topological polar surface area (TPSA) is 90.6 Å². The van der Waals surface area contributed by atoms with Crippen molar-refractivity contribution in [2.45, 2.75) is 5.92 Å². The predicted octanol–water partition coefficient (Wildman–Crippen LogP) is 2.30. The second-order valence-corrected chi connectivity index (χ2v) is 6.19. The van der Waals surface area contributed by atoms with Crippen LogP contribution in [0.5, 0.6) is 0 Å². The summed E-state index contributed by atoms with van der Waals surface area (Å²) < 4.78 is 31.0. The molecule has 3 aromatic heterocycles. The molecule has 9 heteroatoms. The van der Waals surface area contributed by atoms with Crippen molar-refractivity contribution >= 4 is 17.1 Å². The second-order valence-electron chi connectivity index (χ2n) is 6.19. The van der Waals surface area contributed by atoms with E-state index in [4.69, 9.17) is 5.26 Å². The maximum absolute atomic E-state index is 15.1. The zero-order chi connectivity index (χ0) is 17.3. The van der Waals surface area contributed by atoms with Crippen LogP contribution in [0.15, 0.2) is 24.7 Å². The third-order valence-electron chi connectivity index (χ3n) is 4.78. The van der Waals surface area contributed by atoms with Crippen LogP contribution in [0, 0.1) is 17.2 Å². The number of hydrogen-bond donors (Lipinski definition) is 1. The molecule has 0 atom stereocenters. The highest BCUT2D eigenvalue weighted by molar-refractivity contribution is 6.00. The van der Waals surface area contributed by atoms with Gasteiger partial charge in [0, 0.05) is 36.4 Å². The zero-order valence-electron chi connectivity index (χ0n) is 12.7. The molecule has 2 aliphatic rings. The average molecular weight is 340 g/mol. The summed E-state index contributed by atoms with van der Waals surface area (Å²) >= 11 is 0. The molecular formula is C16H10F2N6O. The number of nitrogens with one attached hydrogen (secondary N) is 1. The van der Waals surface area contributed by atoms with Gasteiger partial charge in [-0.3, -0.25) is 0 Å². The van der Waals surface area contributed by atoms with E-state index in [1.165, 1.54) is 23.5 Å². The Morgan fingerprint density at radius 2 is 2.20 bits per heavy atom. The Morgan fingerprint density at radius 3 is 2.96 bits per heavy atom. The van der Waals surface area contributed by atoms with Crippen molar-refractivity contribution in [3.05, 3.63) is 35.9 Å². The highest BCUT2D eigenvalue weighted by Crippen LogP contribution is 2.50. The van der Waals surface area contributed by atoms with Gasteiger partial charge in [-0.15, -0.1) is 0 Å². The third kappa shape index (κ3) is 1.63. The van der Waals surface area contributed by atoms with E-state index in [-0.39, 0.29) is 30.1 Å². The Kier molecular flexibility index (Phi) is 2.49. The monoisotopic (exact) mass is 340 g/mol. The molecule has 7 nitrogen and oxygen atoms in total. The second kappa shape index (κ2) is 4.42. The summed E-state index contributed by atoms with van der Waals surface area (Å²) in [6.45, 7) is 0.453. The average Bonchev–Trinajstić information content (AvgIpc) is 3.18. The van der Waals surface area contributed by atoms with Crippen molar-refractivity contribution in [3.63, 3.8) is 0 Å². The van der Waals surface area contributed by atoms with Crippen molar-refractivity contribution in [3.8, 4) is 17.2 Å². The van der Waals surface area contributed by atoms with Crippen molar-refractivity contribution in [2.75, 3.05) is 13.1 Å². The van der Waals surface area contributed by atoms with Crippen LogP contribution in [0.1, 0.15) is 11.3 Å². The number of aromatic amines is 1. The molecule has 1 aliphatic heterocycles. The summed E-state index contributed by atoms with van der Waals surface area (Å²) in [4.78, 5) is 20.7. The maximum Gasteiger partial charge on any atom is 0.345 e. The van der Waals surface area contributed by atoms with Gasteiger partial charge in [-0.1, -0.05) is 0 Å². The number of fused-ring (bicyclic) bond motifs is 2. The predicted molar refractivity (Wildman–Crippen MR) is 81.8 cm³/mol. The Morgan fingerprint density at radius 1 is 1.40 bits per heavy atom. The van der Waals surface area contributed by atoms with Gasteiger partial charge in [0.1, 0.15) is 11.3 Å². The molecule has 1 fully saturated rings. The van der Waals surface area contributed by atoms with E-state index < -0.39 is 17.6 Å². The van der Waals surface area contributed by atoms with Gasteiger partial charge >= 0.3 is 12.0 Å². The molecule has 0 saturated carbocycles. The summed E-state index contributed by atoms with van der Waals surface area (Å²) in [5, 5.41) is 13.1. The largest absolute Gasteiger partial charge is 0.346 e. The Balaban J connectivity index is 1.69. The number of carbonyl (C=O) groups excluding carboxylic acids is 1. The van der Waals surface area contributed by atoms with Crippen molar-refractivity contribution in [2.24, 2.45) is 5.92 Å². The van der Waals surface area contributed by atoms with E-state index in [9.17, 15) is 4.79 Å². The number of pyridine rings is 1. The first-order valence-electron chi connectivity index (χ1n) is 7.64. The van der Waals surface area contributed by atoms with Crippen LogP contribution in [0.2, 0.25) is 0 Å². The minimum atomic E-state index is -3.38. The lowest BCUT2D eigenvalue weighted by Crippen LogP contribution is -2.51. The molecule has 3 aromatic rings. The molecule has 1 aliphatic carbocycles. The molecule has 1 amide bonds. The van der Waals surface area contributed by atoms with E-state index in [1.54, 1.807) is 6.07 Å². The van der Waals surface area contributed by atoms with Gasteiger partial charge in [-0.25, -0.2) is 9.78 Å². The van der Waals surface area contributed by atoms with Gasteiger partial charge < -0.3 is 9.88 Å². The number of amides is 1. The van der Waals surface area contributed by atoms with Crippen LogP contribution in [-0.2, 0) is 5.92 Å². The van der Waals surface area contributed by atoms with Gasteiger partial charge in [0.2, 0.25) is 0 Å². The lowest BCUT2D eigenvalue weighted by atomic mass is 9.89. The number of hydrogen-bond acceptors (Lipinski definition) is 4. The number of likely N-dealkylation sites (tertiary alicyclic amines) is 1. The van der Waals surface area contributed by atoms with E-state index in [1.807, 2.05) is 0 Å². The van der Waals surface area contributed by atoms with E-state index in [0.29, 0.717) is 16.6 Å². The van der Waals surface area contributed by atoms with Crippen LogP contribution >= 0.6 is 0 Å². The number of H-pyrrole nitrogens is 1. The summed E-state index contributed by atoms with van der Waals surface area (Å²) in [7, 11) is 0. The van der Waals surface area contributed by atoms with Crippen LogP contribution in [0.25, 0.3) is 22.2 Å². The molecule has 1 saturated heterocycles. The Hall–Kier alpha value is -3.28. The lowest BCUT2D eigenvalue weighted by Gasteiger charge is -2.35. The van der Waals surface area contributed by atoms with Crippen LogP contribution in [0.3, 0.4) is 0 Å². The fourth-order valence-electron chi connectivity index (χ4n) is 3.50. The van der Waals surface area contributed by atoms with Crippen LogP contribution in [0.4, 0.5) is 13.6 Å². The minimum Gasteiger partial charge on any atom is -0.346 e. The normalized spacial score (nSPS) is 17.9. The number of rotatable bonds is 0. The molecule has 0 aromatic carbocycles. The maximum atomic E-state index is 15.1. The molecule has 124 valence electrons. The third-order valence-corrected chi connectivity index (χ3v) is 4.78. The standard InChI is InChI=1S/C16H10F2N6O/c17-16(18)11-5-21-14-12(11)9(1-2-20-14)10-4-22-24(13(10)16)15(25)23-6-8(3-19)7-23/h1-2,4-5,8H,6-7H2,(H,20,21). The van der Waals surface area contributed by atoms with E-state index in [2.05, 4.69) is 21.1 Å². The van der Waals surface area contributed by atoms with Crippen LogP contribution < -0.4 is 0 Å². The molecule has 4 heterocycles. The van der Waals surface area contributed by atoms with Gasteiger partial charge in [0.15, 0.2) is 0 Å². The van der Waals surface area contributed by atoms with E-state index in [0.717, 1.165) is 4.68 Å². The SMILES string of the molecule is N#CC1CN(C(=O)n2ncc3c2C(F)(F)c2c[nH]c4nccc-3c24)C1. The molecule has 5 rings (SSSR count). The lowest BCUT2D eigenvalue weighted by molar-refractivity contribution is 0.0344. The smallest absolute Gasteiger partial charge is 0.345 e. The van der Waals surface area contributed by atoms with Gasteiger partial charge in [-0.05, 0) is 11.6 Å². The van der Waals surface area contributed by atoms with Crippen molar-refractivity contribution in [1.29, 1.82) is 5.26 Å². The first kappa shape index (κ1) is 14.1. The quantitative estimate of drug-likeness (QED) is 0.680. The Labute approximate surface area is 139 Å². The summed E-state index contributed by atoms with van der Waals surface area (Å²) in [6.07, 6.45) is 4.03. The molecule has 1 N–H and O–H groups in total. The molecule has 0 radical (unpaired) electrons. The summed E-state index contributed by atoms with van der Waals surface area (Å²) in [5.41, 5.74) is 0.495. The van der Waals surface area contributed by atoms with Crippen molar-refractivity contribution < 1.29 is 13.6 Å². The fourth-order valence-corrected chi connectivity index (χ4v) is 3.50. The fraction of sp³-hybridized carbons (Fsp3) is 0.250. The van der Waals surface area contributed by atoms with Crippen LogP contribution in [-0.4, -0.2) is 43.8 Å². The summed E-state index contributed by atoms with van der Waals surface area (Å²) in [6, 6.07) is 3.05. The molecule has 25 heavy (non-hydrogen) atoms. The molecule has 0 bridgehead atoms. The molecular weight excluding hydrogens is 330 g/mol. The number of nitriles is 1. The van der Waals surface area contributed by atoms with Gasteiger partial charge in [0.05, 0.1) is 23.7 Å². The first-order valence-corrected chi connectivity index (χ1v) is 7.64. The zero-order valence-corrected chi connectivity index (χ0v) is 12.7. The highest BCUT2D eigenvalue weighted by atomic mass is 19.3. The number of alkyl halides is 2. The highest BCUT2D eigenvalue weighted by Gasteiger charge is 2.48. The Bertz CT molecular complexity index is 1090. The van der Waals surface area contributed by atoms with Crippen molar-refractivity contribution in [1.82, 2.24) is 24.6 Å². The number of aromatic nitrogens is 4. The minimum absolute atomic E-state index is 0.217. The summed E-state index contributed by atoms with van der Waals surface area (Å²) in [5.74, 6) is -3.64.